The number of aryl methyl sites for hydroxylation is 1. The van der Waals surface area contributed by atoms with Gasteiger partial charge in [-0.25, -0.2) is 0 Å². The average Bonchev–Trinajstić information content (AvgIpc) is 2.31. The number of pyridine rings is 1. The number of aromatic nitrogens is 1. The second-order valence-electron chi connectivity index (χ2n) is 3.88. The van der Waals surface area contributed by atoms with Gasteiger partial charge in [0.25, 0.3) is 0 Å². The molecule has 2 rings (SSSR count). The predicted molar refractivity (Wildman–Crippen MR) is 67.2 cm³/mol. The van der Waals surface area contributed by atoms with E-state index in [1.165, 1.54) is 22.3 Å². The van der Waals surface area contributed by atoms with Crippen molar-refractivity contribution in [3.8, 4) is 11.1 Å². The molecule has 0 aliphatic carbocycles. The summed E-state index contributed by atoms with van der Waals surface area (Å²) in [7, 11) is 1.97. The molecule has 0 spiro atoms. The van der Waals surface area contributed by atoms with Gasteiger partial charge in [0.1, 0.15) is 0 Å². The van der Waals surface area contributed by atoms with Crippen LogP contribution in [0.4, 0.5) is 0 Å². The van der Waals surface area contributed by atoms with Crippen LogP contribution in [0.25, 0.3) is 11.1 Å². The van der Waals surface area contributed by atoms with Crippen molar-refractivity contribution in [3.05, 3.63) is 53.9 Å². The minimum atomic E-state index is 0.879. The van der Waals surface area contributed by atoms with E-state index in [0.717, 1.165) is 6.54 Å². The highest BCUT2D eigenvalue weighted by atomic mass is 14.8. The normalized spacial score (nSPS) is 10.4. The maximum atomic E-state index is 4.20. The number of nitrogens with zero attached hydrogens (tertiary/aromatic N) is 1. The highest BCUT2D eigenvalue weighted by Crippen LogP contribution is 2.25. The van der Waals surface area contributed by atoms with E-state index >= 15 is 0 Å². The van der Waals surface area contributed by atoms with Crippen molar-refractivity contribution in [2.45, 2.75) is 13.5 Å². The van der Waals surface area contributed by atoms with Crippen LogP contribution in [0.5, 0.6) is 0 Å². The van der Waals surface area contributed by atoms with Crippen molar-refractivity contribution in [2.75, 3.05) is 7.05 Å². The van der Waals surface area contributed by atoms with Crippen LogP contribution in [-0.4, -0.2) is 12.0 Å². The molecule has 0 fully saturated rings. The zero-order chi connectivity index (χ0) is 11.4. The molecule has 82 valence electrons. The fraction of sp³-hybridized carbons (Fsp3) is 0.214. The molecule has 0 bridgehead atoms. The van der Waals surface area contributed by atoms with Crippen LogP contribution in [0.1, 0.15) is 11.1 Å². The van der Waals surface area contributed by atoms with Crippen molar-refractivity contribution < 1.29 is 0 Å². The maximum Gasteiger partial charge on any atom is 0.0349 e. The second kappa shape index (κ2) is 4.90. The summed E-state index contributed by atoms with van der Waals surface area (Å²) in [5.74, 6) is 0. The number of hydrogen-bond donors (Lipinski definition) is 1. The van der Waals surface area contributed by atoms with Gasteiger partial charge in [-0.15, -0.1) is 0 Å². The molecule has 1 heterocycles. The Hall–Kier alpha value is -1.67. The van der Waals surface area contributed by atoms with Crippen LogP contribution >= 0.6 is 0 Å². The van der Waals surface area contributed by atoms with Crippen LogP contribution in [0.3, 0.4) is 0 Å². The first kappa shape index (κ1) is 10.8. The van der Waals surface area contributed by atoms with Crippen LogP contribution in [0, 0.1) is 6.92 Å². The lowest BCUT2D eigenvalue weighted by atomic mass is 9.98. The third kappa shape index (κ3) is 2.12. The first-order valence-corrected chi connectivity index (χ1v) is 5.46. The predicted octanol–water partition coefficient (Wildman–Crippen LogP) is 2.78. The van der Waals surface area contributed by atoms with Gasteiger partial charge in [0.2, 0.25) is 0 Å². The number of nitrogens with one attached hydrogen (secondary N) is 1. The third-order valence-corrected chi connectivity index (χ3v) is 2.71. The zero-order valence-electron chi connectivity index (χ0n) is 9.70. The van der Waals surface area contributed by atoms with E-state index in [2.05, 4.69) is 41.5 Å². The minimum absolute atomic E-state index is 0.879. The van der Waals surface area contributed by atoms with Gasteiger partial charge < -0.3 is 5.32 Å². The summed E-state index contributed by atoms with van der Waals surface area (Å²) in [6.45, 7) is 3.00. The maximum absolute atomic E-state index is 4.20. The summed E-state index contributed by atoms with van der Waals surface area (Å²) in [4.78, 5) is 4.20. The molecule has 1 aromatic carbocycles. The van der Waals surface area contributed by atoms with Crippen molar-refractivity contribution in [2.24, 2.45) is 0 Å². The van der Waals surface area contributed by atoms with Gasteiger partial charge in [-0.1, -0.05) is 24.3 Å². The molecule has 0 amide bonds. The lowest BCUT2D eigenvalue weighted by Crippen LogP contribution is -2.06. The molecule has 0 aliphatic rings. The summed E-state index contributed by atoms with van der Waals surface area (Å²) in [5.41, 5.74) is 5.05. The summed E-state index contributed by atoms with van der Waals surface area (Å²) >= 11 is 0. The van der Waals surface area contributed by atoms with Crippen molar-refractivity contribution in [1.29, 1.82) is 0 Å². The van der Waals surface area contributed by atoms with Gasteiger partial charge in [-0.3, -0.25) is 4.98 Å². The van der Waals surface area contributed by atoms with E-state index in [9.17, 15) is 0 Å². The third-order valence-electron chi connectivity index (χ3n) is 2.71. The van der Waals surface area contributed by atoms with Gasteiger partial charge in [0.15, 0.2) is 0 Å². The molecule has 16 heavy (non-hydrogen) atoms. The molecule has 0 radical (unpaired) electrons. The van der Waals surface area contributed by atoms with Crippen molar-refractivity contribution in [1.82, 2.24) is 10.3 Å². The van der Waals surface area contributed by atoms with E-state index in [1.807, 2.05) is 25.5 Å². The van der Waals surface area contributed by atoms with Crippen LogP contribution in [-0.2, 0) is 6.54 Å². The summed E-state index contributed by atoms with van der Waals surface area (Å²) in [6.07, 6.45) is 3.77. The SMILES string of the molecule is CNCc1ccccc1-c1cnccc1C. The Bertz CT molecular complexity index is 478. The second-order valence-corrected chi connectivity index (χ2v) is 3.88. The summed E-state index contributed by atoms with van der Waals surface area (Å²) < 4.78 is 0. The van der Waals surface area contributed by atoms with Gasteiger partial charge in [0.05, 0.1) is 0 Å². The number of hydrogen-bond acceptors (Lipinski definition) is 2. The highest BCUT2D eigenvalue weighted by Gasteiger charge is 2.05. The lowest BCUT2D eigenvalue weighted by Gasteiger charge is -2.10. The number of benzene rings is 1. The van der Waals surface area contributed by atoms with E-state index in [4.69, 9.17) is 0 Å². The van der Waals surface area contributed by atoms with Gasteiger partial charge in [-0.05, 0) is 36.7 Å². The van der Waals surface area contributed by atoms with Crippen LogP contribution < -0.4 is 5.32 Å². The summed E-state index contributed by atoms with van der Waals surface area (Å²) in [5, 5.41) is 3.19. The first-order chi connectivity index (χ1) is 7.83. The van der Waals surface area contributed by atoms with Crippen LogP contribution in [0.2, 0.25) is 0 Å². The summed E-state index contributed by atoms with van der Waals surface area (Å²) in [6, 6.07) is 10.5. The molecule has 1 N–H and O–H groups in total. The van der Waals surface area contributed by atoms with Gasteiger partial charge in [0, 0.05) is 24.5 Å². The fourth-order valence-corrected chi connectivity index (χ4v) is 1.87. The molecule has 0 atom stereocenters. The van der Waals surface area contributed by atoms with E-state index in [0.29, 0.717) is 0 Å². The highest BCUT2D eigenvalue weighted by molar-refractivity contribution is 5.69. The lowest BCUT2D eigenvalue weighted by molar-refractivity contribution is 0.819. The van der Waals surface area contributed by atoms with Gasteiger partial charge >= 0.3 is 0 Å². The molecule has 2 nitrogen and oxygen atoms in total. The standard InChI is InChI=1S/C14H16N2/c1-11-7-8-16-10-14(11)13-6-4-3-5-12(13)9-15-2/h3-8,10,15H,9H2,1-2H3. The minimum Gasteiger partial charge on any atom is -0.316 e. The topological polar surface area (TPSA) is 24.9 Å². The molecule has 1 aromatic heterocycles. The first-order valence-electron chi connectivity index (χ1n) is 5.46. The molecule has 0 saturated carbocycles. The van der Waals surface area contributed by atoms with Crippen molar-refractivity contribution in [3.63, 3.8) is 0 Å². The Kier molecular flexibility index (Phi) is 3.32. The molecular weight excluding hydrogens is 196 g/mol. The molecule has 0 saturated heterocycles. The molecular formula is C14H16N2. The Morgan fingerprint density at radius 1 is 1.12 bits per heavy atom. The molecule has 2 heteroatoms. The Labute approximate surface area is 96.4 Å². The number of rotatable bonds is 3. The quantitative estimate of drug-likeness (QED) is 0.846. The molecule has 0 unspecified atom stereocenters. The molecule has 2 aromatic rings. The fourth-order valence-electron chi connectivity index (χ4n) is 1.87. The zero-order valence-corrected chi connectivity index (χ0v) is 9.70. The Morgan fingerprint density at radius 3 is 2.69 bits per heavy atom. The van der Waals surface area contributed by atoms with Crippen molar-refractivity contribution >= 4 is 0 Å². The van der Waals surface area contributed by atoms with E-state index in [1.54, 1.807) is 0 Å². The smallest absolute Gasteiger partial charge is 0.0349 e. The largest absolute Gasteiger partial charge is 0.316 e. The Balaban J connectivity index is 2.51. The van der Waals surface area contributed by atoms with Gasteiger partial charge in [-0.2, -0.15) is 0 Å². The van der Waals surface area contributed by atoms with E-state index in [-0.39, 0.29) is 0 Å². The Morgan fingerprint density at radius 2 is 1.94 bits per heavy atom. The molecule has 0 aliphatic heterocycles. The van der Waals surface area contributed by atoms with Crippen LogP contribution in [0.15, 0.2) is 42.7 Å². The average molecular weight is 212 g/mol. The monoisotopic (exact) mass is 212 g/mol. The van der Waals surface area contributed by atoms with E-state index < -0.39 is 0 Å².